The molecule has 0 fully saturated rings. The average Bonchev–Trinajstić information content (AvgIpc) is 3.29. The van der Waals surface area contributed by atoms with Crippen LogP contribution in [0, 0.1) is 0 Å². The van der Waals surface area contributed by atoms with Gasteiger partial charge in [-0.15, -0.1) is 5.10 Å². The third kappa shape index (κ3) is 3.61. The standard InChI is InChI=1S/C24H17ClN4O3S/c25-17-11-20-19(31-13-32-20)10-16(17)22-26-18-9-5-4-8-15(18)21-23(30)27-24(28-29(21)22)33-12-14-6-2-1-3-7-14/h1-11,22H,12-13H2,(H,27,28,30). The van der Waals surface area contributed by atoms with Gasteiger partial charge in [0, 0.05) is 22.6 Å². The lowest BCUT2D eigenvalue weighted by Crippen LogP contribution is -2.50. The van der Waals surface area contributed by atoms with Crippen LogP contribution in [0.25, 0.3) is 5.70 Å². The predicted octanol–water partition coefficient (Wildman–Crippen LogP) is 3.15. The van der Waals surface area contributed by atoms with E-state index in [1.54, 1.807) is 11.1 Å². The quantitative estimate of drug-likeness (QED) is 0.628. The maximum atomic E-state index is 13.3. The van der Waals surface area contributed by atoms with E-state index >= 15 is 0 Å². The fourth-order valence-corrected chi connectivity index (χ4v) is 5.01. The maximum Gasteiger partial charge on any atom is 0.276 e. The van der Waals surface area contributed by atoms with E-state index in [-0.39, 0.29) is 12.7 Å². The second-order valence-corrected chi connectivity index (χ2v) is 8.94. The van der Waals surface area contributed by atoms with Gasteiger partial charge in [0.15, 0.2) is 22.8 Å². The van der Waals surface area contributed by atoms with Gasteiger partial charge < -0.3 is 9.47 Å². The molecule has 0 radical (unpaired) electrons. The summed E-state index contributed by atoms with van der Waals surface area (Å²) in [6, 6.07) is 21.1. The first-order valence-corrected chi connectivity index (χ1v) is 11.7. The summed E-state index contributed by atoms with van der Waals surface area (Å²) in [5, 5.41) is 11.8. The monoisotopic (exact) mass is 476 g/mol. The van der Waals surface area contributed by atoms with E-state index in [1.807, 2.05) is 60.7 Å². The van der Waals surface area contributed by atoms with E-state index in [0.717, 1.165) is 10.8 Å². The summed E-state index contributed by atoms with van der Waals surface area (Å²) < 4.78 is 11.0. The Bertz CT molecular complexity index is 1430. The topological polar surface area (TPSA) is 75.5 Å². The largest absolute Gasteiger partial charge is 0.454 e. The van der Waals surface area contributed by atoms with Crippen LogP contribution in [0.4, 0.5) is 0 Å². The van der Waals surface area contributed by atoms with Crippen molar-refractivity contribution in [1.82, 2.24) is 10.3 Å². The number of carbonyl (C=O) groups excluding carboxylic acids is 1. The van der Waals surface area contributed by atoms with Crippen LogP contribution in [0.3, 0.4) is 0 Å². The number of benzene rings is 3. The van der Waals surface area contributed by atoms with Gasteiger partial charge in [0.05, 0.1) is 10.4 Å². The van der Waals surface area contributed by atoms with E-state index in [2.05, 4.69) is 5.32 Å². The molecule has 0 aliphatic carbocycles. The van der Waals surface area contributed by atoms with Crippen molar-refractivity contribution in [1.29, 1.82) is 0 Å². The normalized spacial score (nSPS) is 18.2. The zero-order valence-corrected chi connectivity index (χ0v) is 18.8. The molecule has 3 aliphatic rings. The highest BCUT2D eigenvalue weighted by molar-refractivity contribution is 8.13. The van der Waals surface area contributed by atoms with E-state index in [4.69, 9.17) is 31.2 Å². The predicted molar refractivity (Wildman–Crippen MR) is 126 cm³/mol. The highest BCUT2D eigenvalue weighted by Gasteiger charge is 2.36. The van der Waals surface area contributed by atoms with Crippen LogP contribution in [0.1, 0.15) is 17.3 Å². The zero-order valence-electron chi connectivity index (χ0n) is 17.2. The molecule has 164 valence electrons. The lowest BCUT2D eigenvalue weighted by molar-refractivity contribution is -0.116. The number of fused-ring (bicyclic) bond motifs is 3. The Kier molecular flexibility index (Phi) is 4.96. The van der Waals surface area contributed by atoms with E-state index in [9.17, 15) is 4.79 Å². The number of carbonyl (C=O) groups is 1. The van der Waals surface area contributed by atoms with Gasteiger partial charge in [0.25, 0.3) is 5.91 Å². The maximum absolute atomic E-state index is 13.3. The number of thioether (sulfide) groups is 1. The number of nitrogens with one attached hydrogen (secondary N) is 1. The van der Waals surface area contributed by atoms with Crippen molar-refractivity contribution in [2.45, 2.75) is 11.9 Å². The molecule has 0 saturated carbocycles. The van der Waals surface area contributed by atoms with Gasteiger partial charge >= 0.3 is 0 Å². The van der Waals surface area contributed by atoms with Gasteiger partial charge in [0.1, 0.15) is 5.70 Å². The second-order valence-electron chi connectivity index (χ2n) is 7.57. The minimum atomic E-state index is -0.629. The molecule has 1 N–H and O–H groups in total. The molecule has 3 aliphatic heterocycles. The zero-order chi connectivity index (χ0) is 22.4. The van der Waals surface area contributed by atoms with Crippen molar-refractivity contribution >= 4 is 40.1 Å². The van der Waals surface area contributed by atoms with Crippen molar-refractivity contribution in [3.63, 3.8) is 0 Å². The fraction of sp³-hybridized carbons (Fsp3) is 0.125. The highest BCUT2D eigenvalue weighted by atomic mass is 35.5. The van der Waals surface area contributed by atoms with Crippen LogP contribution in [0.5, 0.6) is 11.5 Å². The lowest BCUT2D eigenvalue weighted by atomic mass is 10.1. The van der Waals surface area contributed by atoms with Gasteiger partial charge in [-0.1, -0.05) is 71.9 Å². The number of para-hydroxylation sites is 1. The number of hydrazone groups is 1. The van der Waals surface area contributed by atoms with Crippen molar-refractivity contribution in [2.75, 3.05) is 6.79 Å². The van der Waals surface area contributed by atoms with E-state index in [0.29, 0.717) is 44.1 Å². The Labute approximate surface area is 198 Å². The van der Waals surface area contributed by atoms with Crippen LogP contribution in [0.2, 0.25) is 5.02 Å². The van der Waals surface area contributed by atoms with Crippen molar-refractivity contribution in [3.8, 4) is 11.5 Å². The first-order valence-electron chi connectivity index (χ1n) is 10.3. The summed E-state index contributed by atoms with van der Waals surface area (Å²) in [5.74, 6) is 1.62. The molecule has 1 amide bonds. The van der Waals surface area contributed by atoms with Crippen LogP contribution in [0.15, 0.2) is 76.8 Å². The molecule has 0 bridgehead atoms. The number of amidine groups is 1. The number of ether oxygens (including phenoxy) is 2. The number of nitrogens with zero attached hydrogens (tertiary/aromatic N) is 3. The van der Waals surface area contributed by atoms with Crippen LogP contribution < -0.4 is 25.4 Å². The van der Waals surface area contributed by atoms with Gasteiger partial charge in [-0.05, 0) is 17.7 Å². The Hall–Kier alpha value is -3.49. The van der Waals surface area contributed by atoms with Gasteiger partial charge in [-0.2, -0.15) is 0 Å². The molecule has 3 aromatic carbocycles. The molecular weight excluding hydrogens is 460 g/mol. The van der Waals surface area contributed by atoms with Gasteiger partial charge in [-0.25, -0.2) is 5.01 Å². The first kappa shape index (κ1) is 20.1. The highest BCUT2D eigenvalue weighted by Crippen LogP contribution is 2.42. The molecule has 0 spiro atoms. The number of rotatable bonds is 3. The lowest BCUT2D eigenvalue weighted by Gasteiger charge is -2.34. The van der Waals surface area contributed by atoms with Crippen LogP contribution >= 0.6 is 23.4 Å². The smallest absolute Gasteiger partial charge is 0.276 e. The SMILES string of the molecule is O=C1NC(SCc2ccccc2)=NN2C1=c1ccccc1=NC2c1cc2c(cc1Cl)OCO2. The molecule has 0 aromatic heterocycles. The molecule has 0 saturated heterocycles. The van der Waals surface area contributed by atoms with E-state index in [1.165, 1.54) is 11.8 Å². The second kappa shape index (κ2) is 8.13. The first-order chi connectivity index (χ1) is 16.2. The molecule has 6 rings (SSSR count). The minimum Gasteiger partial charge on any atom is -0.454 e. The van der Waals surface area contributed by atoms with Crippen LogP contribution in [-0.4, -0.2) is 22.9 Å². The molecular formula is C24H17ClN4O3S. The van der Waals surface area contributed by atoms with Crippen molar-refractivity contribution in [3.05, 3.63) is 93.5 Å². The Balaban J connectivity index is 1.45. The number of hydrogen-bond acceptors (Lipinski definition) is 7. The third-order valence-corrected chi connectivity index (χ3v) is 6.77. The van der Waals surface area contributed by atoms with Crippen LogP contribution in [-0.2, 0) is 10.5 Å². The third-order valence-electron chi connectivity index (χ3n) is 5.50. The van der Waals surface area contributed by atoms with Gasteiger partial charge in [0.2, 0.25) is 6.79 Å². The Morgan fingerprint density at radius 3 is 2.67 bits per heavy atom. The van der Waals surface area contributed by atoms with Gasteiger partial charge in [-0.3, -0.25) is 15.1 Å². The summed E-state index contributed by atoms with van der Waals surface area (Å²) in [4.78, 5) is 18.2. The van der Waals surface area contributed by atoms with Crippen molar-refractivity contribution in [2.24, 2.45) is 10.1 Å². The summed E-state index contributed by atoms with van der Waals surface area (Å²) in [6.07, 6.45) is -0.629. The fourth-order valence-electron chi connectivity index (χ4n) is 3.95. The van der Waals surface area contributed by atoms with E-state index < -0.39 is 6.17 Å². The summed E-state index contributed by atoms with van der Waals surface area (Å²) in [6.45, 7) is 0.141. The average molecular weight is 477 g/mol. The minimum absolute atomic E-state index is 0.141. The summed E-state index contributed by atoms with van der Waals surface area (Å²) in [5.41, 5.74) is 2.25. The molecule has 7 nitrogen and oxygen atoms in total. The Morgan fingerprint density at radius 1 is 1.06 bits per heavy atom. The van der Waals surface area contributed by atoms with Crippen molar-refractivity contribution < 1.29 is 14.3 Å². The number of halogens is 1. The molecule has 3 aromatic rings. The summed E-state index contributed by atoms with van der Waals surface area (Å²) >= 11 is 8.08. The number of hydrogen-bond donors (Lipinski definition) is 1. The number of amides is 1. The Morgan fingerprint density at radius 2 is 1.82 bits per heavy atom. The molecule has 3 heterocycles. The molecule has 33 heavy (non-hydrogen) atoms. The molecule has 1 atom stereocenters. The summed E-state index contributed by atoms with van der Waals surface area (Å²) in [7, 11) is 0. The molecule has 9 heteroatoms. The molecule has 1 unspecified atom stereocenters.